The minimum atomic E-state index is -1.15. The molecule has 0 aliphatic rings. The van der Waals surface area contributed by atoms with Crippen LogP contribution in [0, 0.1) is 0 Å². The zero-order valence-corrected chi connectivity index (χ0v) is 25.5. The summed E-state index contributed by atoms with van der Waals surface area (Å²) in [4.78, 5) is 42.6. The van der Waals surface area contributed by atoms with Gasteiger partial charge in [-0.15, -0.1) is 0 Å². The number of amides is 3. The van der Waals surface area contributed by atoms with Crippen molar-refractivity contribution in [2.45, 2.75) is 104 Å². The first-order chi connectivity index (χ1) is 19.1. The Balaban J connectivity index is 2.59. The quantitative estimate of drug-likeness (QED) is 0.247. The number of benzene rings is 2. The molecule has 0 heterocycles. The van der Waals surface area contributed by atoms with Crippen molar-refractivity contribution in [2.75, 3.05) is 6.54 Å². The van der Waals surface area contributed by atoms with E-state index in [-0.39, 0.29) is 24.5 Å². The highest BCUT2D eigenvalue weighted by molar-refractivity contribution is 5.93. The van der Waals surface area contributed by atoms with E-state index in [1.807, 2.05) is 20.8 Å². The summed E-state index contributed by atoms with van der Waals surface area (Å²) in [5.74, 6) is -0.961. The van der Waals surface area contributed by atoms with E-state index in [1.54, 1.807) is 51.1 Å². The Bertz CT molecular complexity index is 1150. The maximum absolute atomic E-state index is 14.4. The van der Waals surface area contributed by atoms with Crippen LogP contribution in [0.5, 0.6) is 11.5 Å². The monoisotopic (exact) mass is 569 g/mol. The van der Waals surface area contributed by atoms with Gasteiger partial charge in [-0.3, -0.25) is 9.59 Å². The minimum Gasteiger partial charge on any atom is -0.508 e. The number of nitrogens with zero attached hydrogens (tertiary/aromatic N) is 1. The standard InChI is InChI=1S/C32H47N3O6/c1-8-9-10-13-20-35(27(28(38)34-31(2,3)4)24-14-11-12-15-26(24)37)29(39)25(33-30(40)41-32(5,6)7)21-22-16-18-23(36)19-17-22/h11-12,14-19,25,27,36-37H,8-10,13,20-21H2,1-7H3,(H,33,40)(H,34,38). The van der Waals surface area contributed by atoms with Crippen molar-refractivity contribution in [1.29, 1.82) is 0 Å². The third-order valence-electron chi connectivity index (χ3n) is 6.19. The van der Waals surface area contributed by atoms with Gasteiger partial charge in [-0.25, -0.2) is 4.79 Å². The molecule has 0 aliphatic heterocycles. The predicted molar refractivity (Wildman–Crippen MR) is 160 cm³/mol. The van der Waals surface area contributed by atoms with Crippen LogP contribution in [0.3, 0.4) is 0 Å². The van der Waals surface area contributed by atoms with Crippen LogP contribution in [-0.2, 0) is 20.7 Å². The van der Waals surface area contributed by atoms with Crippen LogP contribution >= 0.6 is 0 Å². The van der Waals surface area contributed by atoms with Crippen molar-refractivity contribution in [3.8, 4) is 11.5 Å². The number of unbranched alkanes of at least 4 members (excludes halogenated alkanes) is 3. The molecule has 41 heavy (non-hydrogen) atoms. The Morgan fingerprint density at radius 2 is 1.54 bits per heavy atom. The molecule has 9 nitrogen and oxygen atoms in total. The van der Waals surface area contributed by atoms with E-state index in [0.29, 0.717) is 17.5 Å². The van der Waals surface area contributed by atoms with Crippen LogP contribution in [0.2, 0.25) is 0 Å². The molecule has 2 aromatic carbocycles. The van der Waals surface area contributed by atoms with E-state index in [4.69, 9.17) is 4.74 Å². The predicted octanol–water partition coefficient (Wildman–Crippen LogP) is 5.60. The molecule has 2 unspecified atom stereocenters. The lowest BCUT2D eigenvalue weighted by molar-refractivity contribution is -0.143. The summed E-state index contributed by atoms with van der Waals surface area (Å²) in [6.45, 7) is 13.0. The van der Waals surface area contributed by atoms with Gasteiger partial charge in [-0.2, -0.15) is 0 Å². The van der Waals surface area contributed by atoms with Gasteiger partial charge in [0.2, 0.25) is 11.8 Å². The zero-order chi connectivity index (χ0) is 30.8. The van der Waals surface area contributed by atoms with Gasteiger partial charge in [0.05, 0.1) is 0 Å². The normalized spacial score (nSPS) is 13.1. The summed E-state index contributed by atoms with van der Waals surface area (Å²) in [5, 5.41) is 26.2. The van der Waals surface area contributed by atoms with Gasteiger partial charge in [0.1, 0.15) is 29.2 Å². The number of hydrogen-bond acceptors (Lipinski definition) is 6. The summed E-state index contributed by atoms with van der Waals surface area (Å²) in [5.41, 5.74) is -0.405. The molecule has 0 saturated carbocycles. The van der Waals surface area contributed by atoms with Gasteiger partial charge < -0.3 is 30.5 Å². The number of hydrogen-bond donors (Lipinski definition) is 4. The first kappa shape index (κ1) is 33.5. The second-order valence-electron chi connectivity index (χ2n) is 12.4. The molecule has 2 aromatic rings. The fourth-order valence-electron chi connectivity index (χ4n) is 4.40. The Kier molecular flexibility index (Phi) is 12.0. The van der Waals surface area contributed by atoms with Crippen LogP contribution in [0.25, 0.3) is 0 Å². The topological polar surface area (TPSA) is 128 Å². The molecule has 2 rings (SSSR count). The third kappa shape index (κ3) is 11.3. The number of phenols is 2. The number of phenolic OH excluding ortho intramolecular Hbond substituents is 2. The Hall–Kier alpha value is -3.75. The fraction of sp³-hybridized carbons (Fsp3) is 0.531. The number of aromatic hydroxyl groups is 2. The van der Waals surface area contributed by atoms with E-state index < -0.39 is 41.1 Å². The van der Waals surface area contributed by atoms with Crippen molar-refractivity contribution < 1.29 is 29.3 Å². The number of nitrogens with one attached hydrogen (secondary N) is 2. The average Bonchev–Trinajstić information content (AvgIpc) is 2.85. The third-order valence-corrected chi connectivity index (χ3v) is 6.19. The number of ether oxygens (including phenoxy) is 1. The number of rotatable bonds is 12. The van der Waals surface area contributed by atoms with Crippen LogP contribution in [0.15, 0.2) is 48.5 Å². The Morgan fingerprint density at radius 1 is 0.902 bits per heavy atom. The molecule has 2 atom stereocenters. The van der Waals surface area contributed by atoms with E-state index in [0.717, 1.165) is 19.3 Å². The van der Waals surface area contributed by atoms with Crippen LogP contribution in [0.1, 0.15) is 91.3 Å². The van der Waals surface area contributed by atoms with Crippen molar-refractivity contribution in [3.63, 3.8) is 0 Å². The summed E-state index contributed by atoms with van der Waals surface area (Å²) >= 11 is 0. The first-order valence-corrected chi connectivity index (χ1v) is 14.3. The van der Waals surface area contributed by atoms with E-state index in [1.165, 1.54) is 23.1 Å². The molecule has 0 spiro atoms. The number of carbonyl (C=O) groups is 3. The summed E-state index contributed by atoms with van der Waals surface area (Å²) in [7, 11) is 0. The molecule has 0 bridgehead atoms. The lowest BCUT2D eigenvalue weighted by atomic mass is 9.98. The van der Waals surface area contributed by atoms with Gasteiger partial charge in [-0.05, 0) is 71.7 Å². The molecule has 226 valence electrons. The zero-order valence-electron chi connectivity index (χ0n) is 25.5. The maximum Gasteiger partial charge on any atom is 0.408 e. The average molecular weight is 570 g/mol. The van der Waals surface area contributed by atoms with Crippen molar-refractivity contribution in [2.24, 2.45) is 0 Å². The molecule has 0 fully saturated rings. The van der Waals surface area contributed by atoms with Crippen molar-refractivity contribution >= 4 is 17.9 Å². The molecule has 3 amide bonds. The van der Waals surface area contributed by atoms with Gasteiger partial charge in [0.25, 0.3) is 0 Å². The Labute approximate surface area is 244 Å². The van der Waals surface area contributed by atoms with Gasteiger partial charge in [0, 0.05) is 24.1 Å². The molecular formula is C32H47N3O6. The van der Waals surface area contributed by atoms with Crippen molar-refractivity contribution in [3.05, 3.63) is 59.7 Å². The molecule has 0 saturated heterocycles. The lowest BCUT2D eigenvalue weighted by Crippen LogP contribution is -2.55. The van der Waals surface area contributed by atoms with E-state index >= 15 is 0 Å². The van der Waals surface area contributed by atoms with E-state index in [2.05, 4.69) is 17.6 Å². The highest BCUT2D eigenvalue weighted by Gasteiger charge is 2.38. The molecular weight excluding hydrogens is 522 g/mol. The largest absolute Gasteiger partial charge is 0.508 e. The first-order valence-electron chi connectivity index (χ1n) is 14.3. The molecule has 4 N–H and O–H groups in total. The van der Waals surface area contributed by atoms with E-state index in [9.17, 15) is 24.6 Å². The highest BCUT2D eigenvalue weighted by Crippen LogP contribution is 2.31. The maximum atomic E-state index is 14.4. The second-order valence-corrected chi connectivity index (χ2v) is 12.4. The summed E-state index contributed by atoms with van der Waals surface area (Å²) < 4.78 is 5.47. The van der Waals surface area contributed by atoms with Crippen LogP contribution in [-0.4, -0.2) is 56.7 Å². The van der Waals surface area contributed by atoms with Gasteiger partial charge in [0.15, 0.2) is 0 Å². The van der Waals surface area contributed by atoms with Gasteiger partial charge in [-0.1, -0.05) is 56.5 Å². The van der Waals surface area contributed by atoms with Crippen LogP contribution < -0.4 is 10.6 Å². The molecule has 0 aromatic heterocycles. The summed E-state index contributed by atoms with van der Waals surface area (Å²) in [6, 6.07) is 10.6. The molecule has 9 heteroatoms. The summed E-state index contributed by atoms with van der Waals surface area (Å²) in [6.07, 6.45) is 2.76. The van der Waals surface area contributed by atoms with Crippen LogP contribution in [0.4, 0.5) is 4.79 Å². The number of alkyl carbamates (subject to hydrolysis) is 1. The lowest BCUT2D eigenvalue weighted by Gasteiger charge is -2.36. The number of para-hydroxylation sites is 1. The SMILES string of the molecule is CCCCCCN(C(=O)C(Cc1ccc(O)cc1)NC(=O)OC(C)(C)C)C(C(=O)NC(C)(C)C)c1ccccc1O. The smallest absolute Gasteiger partial charge is 0.408 e. The minimum absolute atomic E-state index is 0.0766. The second kappa shape index (κ2) is 14.8. The van der Waals surface area contributed by atoms with Gasteiger partial charge >= 0.3 is 6.09 Å². The van der Waals surface area contributed by atoms with Crippen molar-refractivity contribution in [1.82, 2.24) is 15.5 Å². The molecule has 0 aliphatic carbocycles. The number of carbonyl (C=O) groups excluding carboxylic acids is 3. The molecule has 0 radical (unpaired) electrons. The highest BCUT2D eigenvalue weighted by atomic mass is 16.6. The Morgan fingerprint density at radius 3 is 2.10 bits per heavy atom. The fourth-order valence-corrected chi connectivity index (χ4v) is 4.40.